The highest BCUT2D eigenvalue weighted by molar-refractivity contribution is 6.33. The fourth-order valence-corrected chi connectivity index (χ4v) is 5.90. The molecule has 0 aromatic heterocycles. The van der Waals surface area contributed by atoms with Crippen LogP contribution in [0.4, 0.5) is 8.78 Å². The number of aryl methyl sites for hydroxylation is 2. The third-order valence-corrected chi connectivity index (χ3v) is 7.61. The summed E-state index contributed by atoms with van der Waals surface area (Å²) in [5.74, 6) is 0.799. The Balaban J connectivity index is 1.47. The second-order valence-corrected chi connectivity index (χ2v) is 9.64. The van der Waals surface area contributed by atoms with Crippen LogP contribution < -0.4 is 4.65 Å². The van der Waals surface area contributed by atoms with Crippen LogP contribution in [0.25, 0.3) is 0 Å². The van der Waals surface area contributed by atoms with E-state index in [0.717, 1.165) is 24.2 Å². The smallest absolute Gasteiger partial charge is 0.509 e. The van der Waals surface area contributed by atoms with Crippen LogP contribution in [-0.4, -0.2) is 17.4 Å². The number of rotatable bonds is 8. The maximum atomic E-state index is 14.4. The van der Waals surface area contributed by atoms with Gasteiger partial charge in [-0.05, 0) is 86.3 Å². The lowest BCUT2D eigenvalue weighted by atomic mass is 9.68. The van der Waals surface area contributed by atoms with Crippen LogP contribution in [0.1, 0.15) is 88.7 Å². The van der Waals surface area contributed by atoms with Crippen molar-refractivity contribution in [1.29, 1.82) is 0 Å². The van der Waals surface area contributed by atoms with Gasteiger partial charge in [-0.15, -0.1) is 0 Å². The summed E-state index contributed by atoms with van der Waals surface area (Å²) in [6, 6.07) is 1.57. The van der Waals surface area contributed by atoms with Crippen LogP contribution in [0, 0.1) is 42.2 Å². The summed E-state index contributed by atoms with van der Waals surface area (Å²) in [7, 11) is -2.17. The van der Waals surface area contributed by atoms with Crippen molar-refractivity contribution in [3.8, 4) is 5.75 Å². The van der Waals surface area contributed by atoms with E-state index in [1.165, 1.54) is 64.2 Å². The molecular formula is C24H37BF2O3. The fraction of sp³-hybridized carbons (Fsp3) is 0.750. The Morgan fingerprint density at radius 2 is 1.43 bits per heavy atom. The molecule has 2 aliphatic carbocycles. The summed E-state index contributed by atoms with van der Waals surface area (Å²) in [5.41, 5.74) is 0.723. The molecule has 3 nitrogen and oxygen atoms in total. The Kier molecular flexibility index (Phi) is 8.58. The third-order valence-electron chi connectivity index (χ3n) is 7.61. The average Bonchev–Trinajstić information content (AvgIpc) is 2.74. The molecule has 2 N–H and O–H groups in total. The molecule has 0 spiro atoms. The molecule has 2 fully saturated rings. The van der Waals surface area contributed by atoms with Gasteiger partial charge in [-0.1, -0.05) is 45.4 Å². The van der Waals surface area contributed by atoms with E-state index in [9.17, 15) is 8.78 Å². The van der Waals surface area contributed by atoms with Gasteiger partial charge in [0.1, 0.15) is 5.75 Å². The van der Waals surface area contributed by atoms with E-state index >= 15 is 0 Å². The summed E-state index contributed by atoms with van der Waals surface area (Å²) in [6.07, 6.45) is 14.7. The lowest BCUT2D eigenvalue weighted by Crippen LogP contribution is -2.26. The van der Waals surface area contributed by atoms with Crippen LogP contribution in [-0.2, 0) is 6.42 Å². The molecule has 0 bridgehead atoms. The molecule has 1 aromatic carbocycles. The largest absolute Gasteiger partial charge is 0.707 e. The second-order valence-electron chi connectivity index (χ2n) is 9.64. The highest BCUT2D eigenvalue weighted by Crippen LogP contribution is 2.43. The Hall–Kier alpha value is -1.14. The predicted octanol–water partition coefficient (Wildman–Crippen LogP) is 5.97. The number of halogens is 2. The zero-order valence-corrected chi connectivity index (χ0v) is 18.5. The quantitative estimate of drug-likeness (QED) is 0.508. The first-order valence-electron chi connectivity index (χ1n) is 11.9. The molecule has 0 atom stereocenters. The van der Waals surface area contributed by atoms with E-state index in [4.69, 9.17) is 10.0 Å². The molecule has 30 heavy (non-hydrogen) atoms. The van der Waals surface area contributed by atoms with E-state index in [1.807, 2.05) is 0 Å². The number of benzene rings is 1. The van der Waals surface area contributed by atoms with Gasteiger partial charge in [0.15, 0.2) is 11.6 Å². The first-order chi connectivity index (χ1) is 14.4. The van der Waals surface area contributed by atoms with Gasteiger partial charge in [-0.25, -0.2) is 4.39 Å². The van der Waals surface area contributed by atoms with Crippen molar-refractivity contribution >= 4 is 7.32 Å². The van der Waals surface area contributed by atoms with E-state index in [0.29, 0.717) is 23.5 Å². The molecule has 0 amide bonds. The molecule has 1 aromatic rings. The molecular weight excluding hydrogens is 385 g/mol. The normalized spacial score (nSPS) is 27.1. The van der Waals surface area contributed by atoms with Crippen molar-refractivity contribution in [2.75, 3.05) is 0 Å². The maximum absolute atomic E-state index is 14.4. The Morgan fingerprint density at radius 1 is 0.900 bits per heavy atom. The summed E-state index contributed by atoms with van der Waals surface area (Å²) in [4.78, 5) is 0. The minimum absolute atomic E-state index is 0.348. The average molecular weight is 422 g/mol. The van der Waals surface area contributed by atoms with Crippen molar-refractivity contribution in [3.63, 3.8) is 0 Å². The molecule has 0 saturated heterocycles. The predicted molar refractivity (Wildman–Crippen MR) is 116 cm³/mol. The molecule has 0 radical (unpaired) electrons. The van der Waals surface area contributed by atoms with Gasteiger partial charge in [0.2, 0.25) is 0 Å². The van der Waals surface area contributed by atoms with Crippen molar-refractivity contribution in [2.45, 2.75) is 90.9 Å². The summed E-state index contributed by atoms with van der Waals surface area (Å²) in [5, 5.41) is 17.8. The number of hydrogen-bond donors (Lipinski definition) is 2. The Morgan fingerprint density at radius 3 is 1.93 bits per heavy atom. The zero-order chi connectivity index (χ0) is 21.7. The van der Waals surface area contributed by atoms with E-state index < -0.39 is 24.7 Å². The van der Waals surface area contributed by atoms with Crippen molar-refractivity contribution in [3.05, 3.63) is 28.8 Å². The molecule has 0 unspecified atom stereocenters. The van der Waals surface area contributed by atoms with Gasteiger partial charge in [-0.2, -0.15) is 4.39 Å². The molecule has 0 heterocycles. The zero-order valence-electron chi connectivity index (χ0n) is 18.5. The standard InChI is InChI=1S/C24H37BF2O3/c1-3-4-17-5-10-19(11-6-17)20-12-7-18(8-13-20)9-14-21-15-16(2)24(30-25(28)29)23(27)22(21)26/h15,17-20,28-29H,3-14H2,1-2H3. The van der Waals surface area contributed by atoms with Crippen LogP contribution in [0.5, 0.6) is 5.75 Å². The van der Waals surface area contributed by atoms with Crippen LogP contribution in [0.2, 0.25) is 0 Å². The highest BCUT2D eigenvalue weighted by atomic mass is 19.2. The van der Waals surface area contributed by atoms with Crippen molar-refractivity contribution < 1.29 is 23.5 Å². The minimum Gasteiger partial charge on any atom is -0.509 e. The first kappa shape index (κ1) is 23.5. The van der Waals surface area contributed by atoms with Gasteiger partial charge >= 0.3 is 7.32 Å². The molecule has 2 aliphatic rings. The summed E-state index contributed by atoms with van der Waals surface area (Å²) >= 11 is 0. The fourth-order valence-electron chi connectivity index (χ4n) is 5.90. The lowest BCUT2D eigenvalue weighted by molar-refractivity contribution is 0.141. The highest BCUT2D eigenvalue weighted by Gasteiger charge is 2.31. The van der Waals surface area contributed by atoms with Crippen LogP contribution >= 0.6 is 0 Å². The summed E-state index contributed by atoms with van der Waals surface area (Å²) in [6.45, 7) is 3.88. The summed E-state index contributed by atoms with van der Waals surface area (Å²) < 4.78 is 33.3. The van der Waals surface area contributed by atoms with Crippen LogP contribution in [0.3, 0.4) is 0 Å². The number of hydrogen-bond acceptors (Lipinski definition) is 3. The SMILES string of the molecule is CCCC1CCC(C2CCC(CCc3cc(C)c(OB(O)O)c(F)c3F)CC2)CC1. The van der Waals surface area contributed by atoms with Gasteiger partial charge in [0.25, 0.3) is 0 Å². The molecule has 3 rings (SSSR count). The first-order valence-corrected chi connectivity index (χ1v) is 11.9. The minimum atomic E-state index is -2.17. The van der Waals surface area contributed by atoms with Crippen LogP contribution in [0.15, 0.2) is 6.07 Å². The van der Waals surface area contributed by atoms with E-state index in [1.54, 1.807) is 13.0 Å². The van der Waals surface area contributed by atoms with E-state index in [-0.39, 0.29) is 0 Å². The Labute approximate surface area is 180 Å². The monoisotopic (exact) mass is 422 g/mol. The molecule has 6 heteroatoms. The van der Waals surface area contributed by atoms with Gasteiger partial charge in [-0.3, -0.25) is 0 Å². The molecule has 0 aliphatic heterocycles. The van der Waals surface area contributed by atoms with Crippen molar-refractivity contribution in [2.24, 2.45) is 23.7 Å². The molecule has 168 valence electrons. The van der Waals surface area contributed by atoms with Crippen molar-refractivity contribution in [1.82, 2.24) is 0 Å². The Bertz CT molecular complexity index is 682. The van der Waals surface area contributed by atoms with Gasteiger partial charge in [0.05, 0.1) is 0 Å². The maximum Gasteiger partial charge on any atom is 0.707 e. The van der Waals surface area contributed by atoms with E-state index in [2.05, 4.69) is 11.6 Å². The van der Waals surface area contributed by atoms with Gasteiger partial charge in [0, 0.05) is 0 Å². The molecule has 2 saturated carbocycles. The lowest BCUT2D eigenvalue weighted by Gasteiger charge is -2.38. The second kappa shape index (κ2) is 10.9. The topological polar surface area (TPSA) is 49.7 Å². The third kappa shape index (κ3) is 5.97. The van der Waals surface area contributed by atoms with Gasteiger partial charge < -0.3 is 14.7 Å².